The van der Waals surface area contributed by atoms with Gasteiger partial charge in [0.05, 0.1) is 0 Å². The number of halogens is 1. The van der Waals surface area contributed by atoms with Gasteiger partial charge in [0.2, 0.25) is 0 Å². The van der Waals surface area contributed by atoms with Gasteiger partial charge in [0.15, 0.2) is 0 Å². The van der Waals surface area contributed by atoms with E-state index >= 15 is 0 Å². The zero-order valence-electron chi connectivity index (χ0n) is 23.6. The molecule has 0 aromatic heterocycles. The summed E-state index contributed by atoms with van der Waals surface area (Å²) in [6.45, 7) is 8.41. The van der Waals surface area contributed by atoms with Gasteiger partial charge in [0.25, 0.3) is 0 Å². The van der Waals surface area contributed by atoms with Crippen molar-refractivity contribution in [2.75, 3.05) is 27.2 Å². The Morgan fingerprint density at radius 1 is 1.23 bits per heavy atom. The van der Waals surface area contributed by atoms with Gasteiger partial charge in [-0.3, -0.25) is 0 Å². The fourth-order valence-corrected chi connectivity index (χ4v) is 12.7. The summed E-state index contributed by atoms with van der Waals surface area (Å²) in [6.07, 6.45) is -1.65. The summed E-state index contributed by atoms with van der Waals surface area (Å²) >= 11 is -0.375. The van der Waals surface area contributed by atoms with E-state index in [0.29, 0.717) is 23.3 Å². The molecule has 0 radical (unpaired) electrons. The molecule has 1 spiro atoms. The Morgan fingerprint density at radius 2 is 1.92 bits per heavy atom. The molecule has 3 unspecified atom stereocenters. The Morgan fingerprint density at radius 3 is 2.56 bits per heavy atom. The van der Waals surface area contributed by atoms with E-state index in [9.17, 15) is 24.9 Å². The maximum absolute atomic E-state index is 13.5. The molecule has 3 heterocycles. The zero-order chi connectivity index (χ0) is 28.7. The van der Waals surface area contributed by atoms with Crippen molar-refractivity contribution >= 4 is 17.8 Å². The SMILES string of the molecule is CCCC(C)[I-][C@@H]1CC2N=C(N)[C@]3(O)[C@@]4(O)[C@H](C)C(=O)O[C@H]4[C@H](O)[C@]23C2(C)[C@H](C1)OC(=O)[C@@H]2OCCN(C)C. The summed E-state index contributed by atoms with van der Waals surface area (Å²) in [7, 11) is 3.79. The van der Waals surface area contributed by atoms with E-state index in [1.807, 2.05) is 19.0 Å². The van der Waals surface area contributed by atoms with Gasteiger partial charge >= 0.3 is 241 Å². The topological polar surface area (TPSA) is 164 Å². The molecule has 12 atom stereocenters. The molecular formula is C27H43IN3O8-. The van der Waals surface area contributed by atoms with E-state index in [1.165, 1.54) is 6.92 Å². The predicted octanol–water partition coefficient (Wildman–Crippen LogP) is -3.57. The summed E-state index contributed by atoms with van der Waals surface area (Å²) in [5, 5.41) is 37.2. The van der Waals surface area contributed by atoms with Gasteiger partial charge in [0.1, 0.15) is 0 Å². The number of hydrogen-bond donors (Lipinski definition) is 4. The van der Waals surface area contributed by atoms with Crippen LogP contribution in [0.15, 0.2) is 4.99 Å². The van der Waals surface area contributed by atoms with Crippen LogP contribution in [0.4, 0.5) is 0 Å². The van der Waals surface area contributed by atoms with Gasteiger partial charge < -0.3 is 0 Å². The molecule has 3 aliphatic heterocycles. The number of rotatable bonds is 8. The summed E-state index contributed by atoms with van der Waals surface area (Å²) in [6, 6.07) is -0.735. The number of aliphatic imine (C=N–C) groups is 1. The summed E-state index contributed by atoms with van der Waals surface area (Å²) < 4.78 is 18.6. The third-order valence-corrected chi connectivity index (χ3v) is 14.1. The number of carbonyl (C=O) groups excluding carboxylic acids is 2. The van der Waals surface area contributed by atoms with Crippen LogP contribution in [0.25, 0.3) is 0 Å². The number of ether oxygens (including phenoxy) is 3. The molecule has 0 bridgehead atoms. The van der Waals surface area contributed by atoms with Crippen LogP contribution in [0.3, 0.4) is 0 Å². The molecule has 0 amide bonds. The summed E-state index contributed by atoms with van der Waals surface area (Å²) in [5.41, 5.74) is -1.10. The molecule has 2 saturated heterocycles. The molecule has 5 aliphatic rings. The van der Waals surface area contributed by atoms with E-state index in [2.05, 4.69) is 13.8 Å². The summed E-state index contributed by atoms with van der Waals surface area (Å²) in [5.74, 6) is -2.72. The molecule has 0 aromatic carbocycles. The molecule has 39 heavy (non-hydrogen) atoms. The van der Waals surface area contributed by atoms with E-state index in [-0.39, 0.29) is 37.6 Å². The van der Waals surface area contributed by atoms with Crippen molar-refractivity contribution in [2.45, 2.75) is 103 Å². The van der Waals surface area contributed by atoms with Crippen molar-refractivity contribution in [1.29, 1.82) is 0 Å². The third-order valence-electron chi connectivity index (χ3n) is 10.2. The number of carbonyl (C=O) groups is 2. The molecular weight excluding hydrogens is 621 g/mol. The van der Waals surface area contributed by atoms with Crippen molar-refractivity contribution in [1.82, 2.24) is 4.90 Å². The first-order chi connectivity index (χ1) is 18.2. The number of nitrogens with zero attached hydrogens (tertiary/aromatic N) is 2. The monoisotopic (exact) mass is 664 g/mol. The molecule has 5 rings (SSSR count). The quantitative estimate of drug-likeness (QED) is 0.116. The molecule has 11 nitrogen and oxygen atoms in total. The Balaban J connectivity index is 1.69. The first kappa shape index (κ1) is 29.4. The maximum atomic E-state index is 13.5. The third kappa shape index (κ3) is 3.54. The van der Waals surface area contributed by atoms with Crippen molar-refractivity contribution in [3.05, 3.63) is 0 Å². The molecule has 2 saturated carbocycles. The number of fused-ring (bicyclic) bond motifs is 3. The van der Waals surface area contributed by atoms with Gasteiger partial charge in [0, 0.05) is 0 Å². The van der Waals surface area contributed by atoms with Crippen molar-refractivity contribution in [2.24, 2.45) is 27.5 Å². The van der Waals surface area contributed by atoms with Crippen LogP contribution >= 0.6 is 0 Å². The molecule has 2 aliphatic carbocycles. The Labute approximate surface area is 240 Å². The second kappa shape index (κ2) is 9.75. The average molecular weight is 665 g/mol. The number of aliphatic hydroxyl groups is 3. The molecule has 12 heteroatoms. The zero-order valence-corrected chi connectivity index (χ0v) is 25.8. The van der Waals surface area contributed by atoms with Crippen molar-refractivity contribution in [3.8, 4) is 0 Å². The van der Waals surface area contributed by atoms with E-state index in [1.54, 1.807) is 6.92 Å². The van der Waals surface area contributed by atoms with Crippen molar-refractivity contribution < 1.29 is 60.3 Å². The van der Waals surface area contributed by atoms with Crippen LogP contribution in [0.2, 0.25) is 0 Å². The number of amidine groups is 1. The Kier molecular flexibility index (Phi) is 7.36. The van der Waals surface area contributed by atoms with Gasteiger partial charge in [-0.05, 0) is 0 Å². The number of hydrogen-bond acceptors (Lipinski definition) is 11. The number of likely N-dealkylation sites (N-methyl/N-ethyl adjacent to an activating group) is 1. The standard InChI is InChI=1S/C27H43IN3O8/c1-7-8-13(2)28-15-11-16-25(24(4)17(12-15)38-22(34)20(24)37-10-9-31(5)6)18(32)19-26(35,14(3)21(33)39-19)27(25,36)23(29)30-16/h13-20,32,35-36H,7-12H2,1-6H3,(H2,29,30)/q-1/t13?,14-,15-,16?,17+,18+,19+,20+,24?,25+,26-,27-/m1/s1. The second-order valence-electron chi connectivity index (χ2n) is 12.5. The second-order valence-corrected chi connectivity index (χ2v) is 17.1. The van der Waals surface area contributed by atoms with Gasteiger partial charge in [-0.25, -0.2) is 0 Å². The van der Waals surface area contributed by atoms with Crippen LogP contribution in [-0.4, -0.2) is 115 Å². The van der Waals surface area contributed by atoms with Crippen molar-refractivity contribution in [3.63, 3.8) is 0 Å². The fourth-order valence-electron chi connectivity index (χ4n) is 8.42. The minimum absolute atomic E-state index is 0.161. The minimum atomic E-state index is -2.35. The molecule has 222 valence electrons. The first-order valence-electron chi connectivity index (χ1n) is 14.0. The van der Waals surface area contributed by atoms with Crippen LogP contribution in [0, 0.1) is 16.7 Å². The molecule has 0 aromatic rings. The first-order valence-corrected chi connectivity index (χ1v) is 16.5. The fraction of sp³-hybridized carbons (Fsp3) is 0.889. The van der Waals surface area contributed by atoms with E-state index < -0.39 is 70.3 Å². The number of nitrogens with two attached hydrogens (primary N) is 1. The normalized spacial score (nSPS) is 49.2. The van der Waals surface area contributed by atoms with Gasteiger partial charge in [-0.1, -0.05) is 0 Å². The van der Waals surface area contributed by atoms with E-state index in [4.69, 9.17) is 24.9 Å². The van der Waals surface area contributed by atoms with Gasteiger partial charge in [-0.15, -0.1) is 0 Å². The summed E-state index contributed by atoms with van der Waals surface area (Å²) in [4.78, 5) is 32.9. The van der Waals surface area contributed by atoms with E-state index in [0.717, 1.165) is 12.8 Å². The average Bonchev–Trinajstić information content (AvgIpc) is 3.36. The predicted molar refractivity (Wildman–Crippen MR) is 136 cm³/mol. The number of aliphatic hydroxyl groups excluding tert-OH is 1. The van der Waals surface area contributed by atoms with Crippen LogP contribution in [0.1, 0.15) is 53.4 Å². The van der Waals surface area contributed by atoms with Gasteiger partial charge in [-0.2, -0.15) is 0 Å². The Hall–Kier alpha value is -1.06. The molecule has 5 N–H and O–H groups in total. The van der Waals surface area contributed by atoms with Crippen LogP contribution in [0.5, 0.6) is 0 Å². The number of esters is 2. The Bertz CT molecular complexity index is 1060. The number of alkyl halides is 2. The molecule has 4 fully saturated rings. The van der Waals surface area contributed by atoms with Crippen LogP contribution in [-0.2, 0) is 23.8 Å². The van der Waals surface area contributed by atoms with Crippen LogP contribution < -0.4 is 26.9 Å².